The first-order chi connectivity index (χ1) is 11.7. The quantitative estimate of drug-likeness (QED) is 0.296. The molecule has 0 spiro atoms. The van der Waals surface area contributed by atoms with Crippen molar-refractivity contribution in [1.29, 1.82) is 0 Å². The van der Waals surface area contributed by atoms with E-state index >= 15 is 0 Å². The van der Waals surface area contributed by atoms with E-state index in [9.17, 15) is 0 Å². The van der Waals surface area contributed by atoms with Crippen molar-refractivity contribution in [2.75, 3.05) is 0 Å². The van der Waals surface area contributed by atoms with Crippen LogP contribution in [0.15, 0.2) is 72.8 Å². The normalized spacial score (nSPS) is 11.8. The molecule has 0 aliphatic rings. The molecule has 0 radical (unpaired) electrons. The summed E-state index contributed by atoms with van der Waals surface area (Å²) in [5, 5.41) is 8.10. The second-order valence-corrected chi connectivity index (χ2v) is 6.79. The van der Waals surface area contributed by atoms with Gasteiger partial charge in [0.05, 0.1) is 0 Å². The van der Waals surface area contributed by atoms with Crippen molar-refractivity contribution in [3.8, 4) is 11.1 Å². The summed E-state index contributed by atoms with van der Waals surface area (Å²) in [4.78, 5) is 0. The van der Waals surface area contributed by atoms with Gasteiger partial charge in [-0.3, -0.25) is 0 Å². The van der Waals surface area contributed by atoms with Crippen LogP contribution in [0.2, 0.25) is 0 Å². The van der Waals surface area contributed by atoms with Crippen LogP contribution in [-0.2, 0) is 0 Å². The summed E-state index contributed by atoms with van der Waals surface area (Å²) in [6, 6.07) is 26.9. The molecule has 24 heavy (non-hydrogen) atoms. The molecule has 5 aromatic carbocycles. The van der Waals surface area contributed by atoms with Gasteiger partial charge in [0.15, 0.2) is 0 Å². The number of hydrogen-bond donors (Lipinski definition) is 0. The van der Waals surface area contributed by atoms with Crippen molar-refractivity contribution in [3.63, 3.8) is 0 Å². The molecule has 0 aromatic heterocycles. The molecule has 0 amide bonds. The Balaban J connectivity index is 1.97. The Kier molecular flexibility index (Phi) is 2.72. The fraction of sp³-hybridized carbons (Fsp3) is 0.0833. The van der Waals surface area contributed by atoms with Crippen LogP contribution in [0.3, 0.4) is 0 Å². The lowest BCUT2D eigenvalue weighted by molar-refractivity contribution is 1.39. The Hall–Kier alpha value is -2.86. The Morgan fingerprint density at radius 3 is 1.92 bits per heavy atom. The van der Waals surface area contributed by atoms with Crippen LogP contribution in [0.1, 0.15) is 11.1 Å². The van der Waals surface area contributed by atoms with Crippen LogP contribution >= 0.6 is 0 Å². The van der Waals surface area contributed by atoms with E-state index in [4.69, 9.17) is 0 Å². The third-order valence-electron chi connectivity index (χ3n) is 5.20. The van der Waals surface area contributed by atoms with E-state index in [0.717, 1.165) is 0 Å². The highest BCUT2D eigenvalue weighted by Crippen LogP contribution is 2.39. The highest BCUT2D eigenvalue weighted by molar-refractivity contribution is 6.25. The van der Waals surface area contributed by atoms with Crippen LogP contribution in [0.5, 0.6) is 0 Å². The minimum absolute atomic E-state index is 1.31. The molecule has 0 saturated carbocycles. The van der Waals surface area contributed by atoms with Gasteiger partial charge in [0.2, 0.25) is 0 Å². The minimum Gasteiger partial charge on any atom is -0.0610 e. The molecule has 0 nitrogen and oxygen atoms in total. The highest BCUT2D eigenvalue weighted by atomic mass is 14.2. The van der Waals surface area contributed by atoms with Gasteiger partial charge in [-0.05, 0) is 62.9 Å². The van der Waals surface area contributed by atoms with Gasteiger partial charge in [-0.15, -0.1) is 0 Å². The minimum atomic E-state index is 1.31. The SMILES string of the molecule is Cc1ccc(-c2ccc3ccc4cccc5ccc2c3c45)c(C)c1. The molecule has 0 atom stereocenters. The first-order valence-corrected chi connectivity index (χ1v) is 8.46. The van der Waals surface area contributed by atoms with Crippen LogP contribution in [0.4, 0.5) is 0 Å². The second-order valence-electron chi connectivity index (χ2n) is 6.79. The molecule has 0 fully saturated rings. The van der Waals surface area contributed by atoms with Crippen LogP contribution in [0, 0.1) is 13.8 Å². The van der Waals surface area contributed by atoms with E-state index in [0.29, 0.717) is 0 Å². The lowest BCUT2D eigenvalue weighted by atomic mass is 9.88. The molecule has 5 rings (SSSR count). The molecule has 0 saturated heterocycles. The van der Waals surface area contributed by atoms with Crippen molar-refractivity contribution in [3.05, 3.63) is 83.9 Å². The van der Waals surface area contributed by atoms with Crippen molar-refractivity contribution in [1.82, 2.24) is 0 Å². The third-order valence-corrected chi connectivity index (χ3v) is 5.20. The van der Waals surface area contributed by atoms with Crippen molar-refractivity contribution in [2.45, 2.75) is 13.8 Å². The van der Waals surface area contributed by atoms with Gasteiger partial charge >= 0.3 is 0 Å². The van der Waals surface area contributed by atoms with Gasteiger partial charge in [-0.25, -0.2) is 0 Å². The lowest BCUT2D eigenvalue weighted by Gasteiger charge is -2.15. The number of aryl methyl sites for hydroxylation is 2. The summed E-state index contributed by atoms with van der Waals surface area (Å²) in [6.07, 6.45) is 0. The predicted molar refractivity (Wildman–Crippen MR) is 105 cm³/mol. The molecule has 0 unspecified atom stereocenters. The average molecular weight is 306 g/mol. The zero-order valence-corrected chi connectivity index (χ0v) is 13.9. The number of rotatable bonds is 1. The van der Waals surface area contributed by atoms with E-state index in [2.05, 4.69) is 86.6 Å². The van der Waals surface area contributed by atoms with Gasteiger partial charge in [0, 0.05) is 0 Å². The molecule has 0 aliphatic heterocycles. The van der Waals surface area contributed by atoms with E-state index < -0.39 is 0 Å². The summed E-state index contributed by atoms with van der Waals surface area (Å²) >= 11 is 0. The van der Waals surface area contributed by atoms with Crippen LogP contribution < -0.4 is 0 Å². The predicted octanol–water partition coefficient (Wildman–Crippen LogP) is 6.87. The third kappa shape index (κ3) is 1.80. The summed E-state index contributed by atoms with van der Waals surface area (Å²) in [5.74, 6) is 0. The summed E-state index contributed by atoms with van der Waals surface area (Å²) in [6.45, 7) is 4.36. The molecule has 0 heteroatoms. The standard InChI is InChI=1S/C24H18/c1-15-6-11-20(16(2)14-15)21-12-9-19-8-7-17-4-3-5-18-10-13-22(21)24(19)23(17)18/h3-14H,1-2H3. The van der Waals surface area contributed by atoms with E-state index in [-0.39, 0.29) is 0 Å². The lowest BCUT2D eigenvalue weighted by Crippen LogP contribution is -1.89. The maximum atomic E-state index is 2.29. The van der Waals surface area contributed by atoms with Gasteiger partial charge < -0.3 is 0 Å². The number of hydrogen-bond acceptors (Lipinski definition) is 0. The van der Waals surface area contributed by atoms with E-state index in [1.165, 1.54) is 54.6 Å². The molecule has 0 bridgehead atoms. The fourth-order valence-corrected chi connectivity index (χ4v) is 4.09. The maximum Gasteiger partial charge on any atom is -0.00206 e. The maximum absolute atomic E-state index is 2.29. The zero-order chi connectivity index (χ0) is 16.3. The largest absolute Gasteiger partial charge is 0.0610 e. The molecular formula is C24H18. The Bertz CT molecular complexity index is 1200. The summed E-state index contributed by atoms with van der Waals surface area (Å²) in [5.41, 5.74) is 5.32. The topological polar surface area (TPSA) is 0 Å². The fourth-order valence-electron chi connectivity index (χ4n) is 4.09. The molecule has 114 valence electrons. The zero-order valence-electron chi connectivity index (χ0n) is 13.9. The van der Waals surface area contributed by atoms with E-state index in [1.54, 1.807) is 0 Å². The first kappa shape index (κ1) is 13.6. The molecule has 0 heterocycles. The molecule has 5 aromatic rings. The van der Waals surface area contributed by atoms with Gasteiger partial charge in [0.1, 0.15) is 0 Å². The van der Waals surface area contributed by atoms with Crippen molar-refractivity contribution >= 4 is 32.3 Å². The Morgan fingerprint density at radius 1 is 0.542 bits per heavy atom. The average Bonchev–Trinajstić information content (AvgIpc) is 2.60. The van der Waals surface area contributed by atoms with Gasteiger partial charge in [-0.1, -0.05) is 78.4 Å². The smallest absolute Gasteiger partial charge is 0.00206 e. The molecule has 0 N–H and O–H groups in total. The van der Waals surface area contributed by atoms with Gasteiger partial charge in [-0.2, -0.15) is 0 Å². The second kappa shape index (κ2) is 4.82. The summed E-state index contributed by atoms with van der Waals surface area (Å²) < 4.78 is 0. The Labute approximate surface area is 141 Å². The molecular weight excluding hydrogens is 288 g/mol. The van der Waals surface area contributed by atoms with Crippen LogP contribution in [-0.4, -0.2) is 0 Å². The Morgan fingerprint density at radius 2 is 1.17 bits per heavy atom. The van der Waals surface area contributed by atoms with Crippen LogP contribution in [0.25, 0.3) is 43.4 Å². The van der Waals surface area contributed by atoms with Crippen molar-refractivity contribution < 1.29 is 0 Å². The number of benzene rings is 5. The van der Waals surface area contributed by atoms with Gasteiger partial charge in [0.25, 0.3) is 0 Å². The van der Waals surface area contributed by atoms with Crippen molar-refractivity contribution in [2.24, 2.45) is 0 Å². The highest BCUT2D eigenvalue weighted by Gasteiger charge is 2.12. The summed E-state index contributed by atoms with van der Waals surface area (Å²) in [7, 11) is 0. The molecule has 0 aliphatic carbocycles. The van der Waals surface area contributed by atoms with E-state index in [1.807, 2.05) is 0 Å². The first-order valence-electron chi connectivity index (χ1n) is 8.46. The monoisotopic (exact) mass is 306 g/mol.